The van der Waals surface area contributed by atoms with Crippen LogP contribution in [0.5, 0.6) is 0 Å². The standard InChI is InChI=1S/2C20H38O4.2K/c2*1-2-3-4-5-6-7-8-9-10-11-12-13-14-15-18-24-20(23)17-16-19(21)22;;/h2*2-18H2,1H3,(H,21,22);;/q;;2*+1/p-2. The molecule has 0 aliphatic heterocycles. The molecule has 0 spiro atoms. The van der Waals surface area contributed by atoms with E-state index in [0.717, 1.165) is 25.7 Å². The Bertz CT molecular complexity index is 676. The third-order valence-corrected chi connectivity index (χ3v) is 8.59. The van der Waals surface area contributed by atoms with E-state index in [4.69, 9.17) is 9.47 Å². The molecule has 0 rings (SSSR count). The molecule has 0 amide bonds. The van der Waals surface area contributed by atoms with Gasteiger partial charge in [0.1, 0.15) is 0 Å². The van der Waals surface area contributed by atoms with Crippen molar-refractivity contribution in [2.45, 2.75) is 219 Å². The number of carbonyl (C=O) groups is 4. The molecule has 0 aromatic heterocycles. The Kier molecular flexibility index (Phi) is 58.0. The zero-order valence-corrected chi connectivity index (χ0v) is 39.6. The summed E-state index contributed by atoms with van der Waals surface area (Å²) in [7, 11) is 0. The average Bonchev–Trinajstić information content (AvgIpc) is 3.06. The van der Waals surface area contributed by atoms with E-state index >= 15 is 0 Å². The summed E-state index contributed by atoms with van der Waals surface area (Å²) in [6, 6.07) is 0. The Labute approximate surface area is 392 Å². The van der Waals surface area contributed by atoms with Crippen LogP contribution in [0.1, 0.15) is 219 Å². The second-order valence-corrected chi connectivity index (χ2v) is 13.4. The Morgan fingerprint density at radius 3 is 0.740 bits per heavy atom. The minimum absolute atomic E-state index is 0. The molecule has 0 heterocycles. The Morgan fingerprint density at radius 2 is 0.540 bits per heavy atom. The van der Waals surface area contributed by atoms with Gasteiger partial charge in [-0.15, -0.1) is 0 Å². The van der Waals surface area contributed by atoms with Crippen LogP contribution in [0, 0.1) is 0 Å². The molecule has 0 fully saturated rings. The van der Waals surface area contributed by atoms with Gasteiger partial charge in [-0.05, 0) is 25.7 Å². The summed E-state index contributed by atoms with van der Waals surface area (Å²) in [6.45, 7) is 5.33. The second-order valence-electron chi connectivity index (χ2n) is 13.4. The first-order valence-electron chi connectivity index (χ1n) is 20.0. The number of carboxylic acid groups (broad SMARTS) is 2. The van der Waals surface area contributed by atoms with Crippen LogP contribution in [0.15, 0.2) is 0 Å². The van der Waals surface area contributed by atoms with Crippen molar-refractivity contribution in [1.29, 1.82) is 0 Å². The molecule has 0 unspecified atom stereocenters. The zero-order valence-electron chi connectivity index (χ0n) is 33.3. The minimum Gasteiger partial charge on any atom is -0.550 e. The fourth-order valence-electron chi connectivity index (χ4n) is 5.52. The quantitative estimate of drug-likeness (QED) is 0.0541. The van der Waals surface area contributed by atoms with Crippen molar-refractivity contribution >= 4 is 23.9 Å². The number of carbonyl (C=O) groups excluding carboxylic acids is 4. The van der Waals surface area contributed by atoms with Crippen molar-refractivity contribution < 1.29 is 142 Å². The number of esters is 2. The number of unbranched alkanes of at least 4 members (excludes halogenated alkanes) is 26. The van der Waals surface area contributed by atoms with Crippen LogP contribution in [0.25, 0.3) is 0 Å². The minimum atomic E-state index is -1.21. The number of hydrogen-bond acceptors (Lipinski definition) is 8. The first-order valence-corrected chi connectivity index (χ1v) is 20.0. The van der Waals surface area contributed by atoms with Gasteiger partial charge in [0.05, 0.1) is 26.1 Å². The first kappa shape index (κ1) is 57.9. The smallest absolute Gasteiger partial charge is 0.550 e. The molecule has 0 aliphatic carbocycles. The van der Waals surface area contributed by atoms with Gasteiger partial charge in [0, 0.05) is 11.9 Å². The maximum absolute atomic E-state index is 11.2. The summed E-state index contributed by atoms with van der Waals surface area (Å²) in [5.74, 6) is -3.28. The third kappa shape index (κ3) is 55.9. The van der Waals surface area contributed by atoms with Crippen molar-refractivity contribution in [3.8, 4) is 0 Å². The number of hydrogen-bond donors (Lipinski definition) is 0. The third-order valence-electron chi connectivity index (χ3n) is 8.59. The van der Waals surface area contributed by atoms with Crippen LogP contribution in [0.4, 0.5) is 0 Å². The normalized spacial score (nSPS) is 10.3. The Morgan fingerprint density at radius 1 is 0.340 bits per heavy atom. The van der Waals surface area contributed by atoms with Crippen molar-refractivity contribution in [3.05, 3.63) is 0 Å². The van der Waals surface area contributed by atoms with E-state index in [0.29, 0.717) is 13.2 Å². The van der Waals surface area contributed by atoms with Crippen LogP contribution in [0.3, 0.4) is 0 Å². The summed E-state index contributed by atoms with van der Waals surface area (Å²) < 4.78 is 9.94. The number of rotatable bonds is 36. The largest absolute Gasteiger partial charge is 1.00 e. The van der Waals surface area contributed by atoms with E-state index in [-0.39, 0.29) is 128 Å². The van der Waals surface area contributed by atoms with E-state index in [1.54, 1.807) is 0 Å². The molecule has 0 bridgehead atoms. The van der Waals surface area contributed by atoms with Crippen molar-refractivity contribution in [1.82, 2.24) is 0 Å². The van der Waals surface area contributed by atoms with Crippen LogP contribution in [-0.2, 0) is 28.7 Å². The molecule has 284 valence electrons. The number of carboxylic acids is 2. The summed E-state index contributed by atoms with van der Waals surface area (Å²) in [6.07, 6.45) is 35.6. The topological polar surface area (TPSA) is 133 Å². The molecule has 10 heteroatoms. The summed E-state index contributed by atoms with van der Waals surface area (Å²) in [4.78, 5) is 42.7. The molecule has 0 radical (unpaired) electrons. The van der Waals surface area contributed by atoms with E-state index in [9.17, 15) is 29.4 Å². The van der Waals surface area contributed by atoms with Crippen LogP contribution in [-0.4, -0.2) is 37.1 Å². The van der Waals surface area contributed by atoms with Crippen LogP contribution in [0.2, 0.25) is 0 Å². The van der Waals surface area contributed by atoms with Gasteiger partial charge in [0.25, 0.3) is 0 Å². The van der Waals surface area contributed by atoms with Crippen molar-refractivity contribution in [3.63, 3.8) is 0 Å². The van der Waals surface area contributed by atoms with Gasteiger partial charge in [0.15, 0.2) is 0 Å². The molecule has 50 heavy (non-hydrogen) atoms. The van der Waals surface area contributed by atoms with E-state index in [1.807, 2.05) is 0 Å². The van der Waals surface area contributed by atoms with E-state index < -0.39 is 23.9 Å². The van der Waals surface area contributed by atoms with Crippen LogP contribution < -0.4 is 113 Å². The fourth-order valence-corrected chi connectivity index (χ4v) is 5.52. The fraction of sp³-hybridized carbons (Fsp3) is 0.900. The molecule has 0 aromatic carbocycles. The van der Waals surface area contributed by atoms with Gasteiger partial charge < -0.3 is 29.3 Å². The molecule has 0 N–H and O–H groups in total. The number of ether oxygens (including phenoxy) is 2. The van der Waals surface area contributed by atoms with E-state index in [1.165, 1.54) is 154 Å². The summed E-state index contributed by atoms with van der Waals surface area (Å²) in [5.41, 5.74) is 0. The van der Waals surface area contributed by atoms with Crippen LogP contribution >= 0.6 is 0 Å². The average molecular weight is 761 g/mol. The predicted molar refractivity (Wildman–Crippen MR) is 191 cm³/mol. The van der Waals surface area contributed by atoms with Gasteiger partial charge in [-0.1, -0.05) is 181 Å². The Hall–Kier alpha value is 1.15. The monoisotopic (exact) mass is 760 g/mol. The van der Waals surface area contributed by atoms with Gasteiger partial charge in [-0.25, -0.2) is 0 Å². The second kappa shape index (κ2) is 50.2. The molecule has 0 aromatic rings. The van der Waals surface area contributed by atoms with Gasteiger partial charge in [0.2, 0.25) is 0 Å². The summed E-state index contributed by atoms with van der Waals surface area (Å²) >= 11 is 0. The molecule has 8 nitrogen and oxygen atoms in total. The number of aliphatic carboxylic acids is 2. The molecule has 0 saturated heterocycles. The maximum atomic E-state index is 11.2. The Balaban J connectivity index is -0.000000407. The zero-order chi connectivity index (χ0) is 35.8. The van der Waals surface area contributed by atoms with Crippen molar-refractivity contribution in [2.24, 2.45) is 0 Å². The molecular formula is C40H74K2O8. The predicted octanol–water partition coefficient (Wildman–Crippen LogP) is 3.09. The molecule has 0 saturated carbocycles. The van der Waals surface area contributed by atoms with Gasteiger partial charge in [-0.2, -0.15) is 0 Å². The summed E-state index contributed by atoms with van der Waals surface area (Å²) in [5, 5.41) is 20.4. The molecular weight excluding hydrogens is 687 g/mol. The molecule has 0 aliphatic rings. The van der Waals surface area contributed by atoms with Gasteiger partial charge in [-0.3, -0.25) is 9.59 Å². The maximum Gasteiger partial charge on any atom is 1.00 e. The van der Waals surface area contributed by atoms with Gasteiger partial charge >= 0.3 is 115 Å². The SMILES string of the molecule is CCCCCCCCCCCCCCCCOC(=O)CCC(=O)[O-].CCCCCCCCCCCCCCCCOC(=O)CCC(=O)[O-].[K+].[K+]. The van der Waals surface area contributed by atoms with E-state index in [2.05, 4.69) is 13.8 Å². The van der Waals surface area contributed by atoms with Crippen molar-refractivity contribution in [2.75, 3.05) is 13.2 Å². The first-order chi connectivity index (χ1) is 23.3. The molecule has 0 atom stereocenters.